The maximum absolute atomic E-state index is 12.6. The minimum atomic E-state index is -0.0940. The van der Waals surface area contributed by atoms with Gasteiger partial charge in [-0.1, -0.05) is 30.3 Å². The summed E-state index contributed by atoms with van der Waals surface area (Å²) in [6, 6.07) is 19.8. The predicted octanol–water partition coefficient (Wildman–Crippen LogP) is 3.36. The molecule has 0 bridgehead atoms. The van der Waals surface area contributed by atoms with Crippen LogP contribution in [0.4, 0.5) is 0 Å². The third-order valence-electron chi connectivity index (χ3n) is 4.99. The van der Waals surface area contributed by atoms with Gasteiger partial charge in [-0.3, -0.25) is 4.79 Å². The molecule has 0 fully saturated rings. The van der Waals surface area contributed by atoms with Gasteiger partial charge in [-0.25, -0.2) is 4.68 Å². The highest BCUT2D eigenvalue weighted by Gasteiger charge is 2.12. The highest BCUT2D eigenvalue weighted by molar-refractivity contribution is 5.80. The van der Waals surface area contributed by atoms with Gasteiger partial charge in [0.05, 0.1) is 18.5 Å². The molecular weight excluding hydrogens is 364 g/mol. The number of nitrogens with zero attached hydrogens (tertiary/aromatic N) is 2. The number of aryl methyl sites for hydroxylation is 1. The molecule has 0 atom stereocenters. The van der Waals surface area contributed by atoms with E-state index < -0.39 is 0 Å². The van der Waals surface area contributed by atoms with Crippen molar-refractivity contribution in [2.75, 3.05) is 13.7 Å². The Morgan fingerprint density at radius 1 is 1.10 bits per heavy atom. The number of para-hydroxylation sites is 1. The van der Waals surface area contributed by atoms with E-state index in [4.69, 9.17) is 4.74 Å². The number of pyridine rings is 1. The lowest BCUT2D eigenvalue weighted by Gasteiger charge is -2.07. The van der Waals surface area contributed by atoms with Crippen LogP contribution in [0.25, 0.3) is 16.7 Å². The lowest BCUT2D eigenvalue weighted by atomic mass is 10.1. The molecule has 2 aromatic carbocycles. The maximum atomic E-state index is 12.6. The molecule has 0 spiro atoms. The summed E-state index contributed by atoms with van der Waals surface area (Å²) in [4.78, 5) is 15.6. The molecule has 0 aliphatic carbocycles. The number of hydrogen-bond donors (Lipinski definition) is 2. The average Bonchev–Trinajstić information content (AvgIpc) is 3.07. The normalized spacial score (nSPS) is 11.1. The van der Waals surface area contributed by atoms with Gasteiger partial charge in [0.25, 0.3) is 5.56 Å². The molecule has 0 unspecified atom stereocenters. The number of H-pyrrole nitrogens is 1. The predicted molar refractivity (Wildman–Crippen MR) is 115 cm³/mol. The Kier molecular flexibility index (Phi) is 5.44. The molecule has 2 aromatic heterocycles. The lowest BCUT2D eigenvalue weighted by molar-refractivity contribution is 0.414. The van der Waals surface area contributed by atoms with E-state index >= 15 is 0 Å². The number of hydrogen-bond acceptors (Lipinski definition) is 4. The highest BCUT2D eigenvalue weighted by Crippen LogP contribution is 2.19. The number of benzene rings is 2. The molecule has 0 aliphatic rings. The molecule has 148 valence electrons. The standard InChI is InChI=1S/C23H24N4O2/c1-16-21-14-18(15-24-12-11-17-7-6-10-20(13-17)29-2)23(28)25-22(21)27(26-16)19-8-4-3-5-9-19/h3-10,13-14,24H,11-12,15H2,1-2H3,(H,25,28). The third-order valence-corrected chi connectivity index (χ3v) is 4.99. The summed E-state index contributed by atoms with van der Waals surface area (Å²) >= 11 is 0. The van der Waals surface area contributed by atoms with Crippen LogP contribution in [0, 0.1) is 6.92 Å². The van der Waals surface area contributed by atoms with Crippen LogP contribution >= 0.6 is 0 Å². The maximum Gasteiger partial charge on any atom is 0.254 e. The van der Waals surface area contributed by atoms with Crippen molar-refractivity contribution in [3.05, 3.63) is 87.8 Å². The molecule has 0 aliphatic heterocycles. The zero-order chi connectivity index (χ0) is 20.2. The minimum Gasteiger partial charge on any atom is -0.497 e. The summed E-state index contributed by atoms with van der Waals surface area (Å²) in [5.74, 6) is 0.857. The Labute approximate surface area is 169 Å². The Morgan fingerprint density at radius 2 is 1.93 bits per heavy atom. The topological polar surface area (TPSA) is 71.9 Å². The molecule has 0 saturated heterocycles. The molecular formula is C23H24N4O2. The molecule has 4 aromatic rings. The van der Waals surface area contributed by atoms with Gasteiger partial charge in [-0.15, -0.1) is 0 Å². The summed E-state index contributed by atoms with van der Waals surface area (Å²) in [7, 11) is 1.67. The SMILES string of the molecule is COc1cccc(CCNCc2cc3c(C)nn(-c4ccccc4)c3[nH]c2=O)c1. The second kappa shape index (κ2) is 8.32. The fourth-order valence-corrected chi connectivity index (χ4v) is 3.43. The van der Waals surface area contributed by atoms with Crippen LogP contribution in [-0.4, -0.2) is 28.4 Å². The zero-order valence-electron chi connectivity index (χ0n) is 16.6. The quantitative estimate of drug-likeness (QED) is 0.476. The van der Waals surface area contributed by atoms with Gasteiger partial charge in [0.1, 0.15) is 11.4 Å². The van der Waals surface area contributed by atoms with Crippen molar-refractivity contribution in [3.63, 3.8) is 0 Å². The van der Waals surface area contributed by atoms with Gasteiger partial charge in [-0.2, -0.15) is 5.10 Å². The van der Waals surface area contributed by atoms with Gasteiger partial charge in [0, 0.05) is 17.5 Å². The van der Waals surface area contributed by atoms with Crippen molar-refractivity contribution in [3.8, 4) is 11.4 Å². The molecule has 6 heteroatoms. The number of ether oxygens (including phenoxy) is 1. The molecule has 0 saturated carbocycles. The second-order valence-electron chi connectivity index (χ2n) is 7.00. The first-order valence-electron chi connectivity index (χ1n) is 9.66. The highest BCUT2D eigenvalue weighted by atomic mass is 16.5. The Balaban J connectivity index is 1.49. The lowest BCUT2D eigenvalue weighted by Crippen LogP contribution is -2.23. The van der Waals surface area contributed by atoms with Crippen LogP contribution in [0.15, 0.2) is 65.5 Å². The smallest absolute Gasteiger partial charge is 0.254 e. The number of aromatic nitrogens is 3. The number of nitrogens with one attached hydrogen (secondary N) is 2. The summed E-state index contributed by atoms with van der Waals surface area (Å²) in [6.07, 6.45) is 0.863. The number of rotatable bonds is 7. The monoisotopic (exact) mass is 388 g/mol. The van der Waals surface area contributed by atoms with E-state index in [-0.39, 0.29) is 5.56 Å². The zero-order valence-corrected chi connectivity index (χ0v) is 16.6. The fraction of sp³-hybridized carbons (Fsp3) is 0.217. The Hall–Kier alpha value is -3.38. The Morgan fingerprint density at radius 3 is 2.72 bits per heavy atom. The first kappa shape index (κ1) is 19.0. The van der Waals surface area contributed by atoms with E-state index in [0.29, 0.717) is 12.1 Å². The second-order valence-corrected chi connectivity index (χ2v) is 7.00. The van der Waals surface area contributed by atoms with Crippen LogP contribution in [0.2, 0.25) is 0 Å². The fourth-order valence-electron chi connectivity index (χ4n) is 3.43. The Bertz CT molecular complexity index is 1180. The van der Waals surface area contributed by atoms with E-state index in [2.05, 4.69) is 21.5 Å². The van der Waals surface area contributed by atoms with E-state index in [9.17, 15) is 4.79 Å². The summed E-state index contributed by atoms with van der Waals surface area (Å²) in [6.45, 7) is 3.23. The summed E-state index contributed by atoms with van der Waals surface area (Å²) in [5.41, 5.74) is 4.34. The summed E-state index contributed by atoms with van der Waals surface area (Å²) < 4.78 is 7.04. The molecule has 0 amide bonds. The van der Waals surface area contributed by atoms with Crippen molar-refractivity contribution >= 4 is 11.0 Å². The molecule has 6 nitrogen and oxygen atoms in total. The van der Waals surface area contributed by atoms with Crippen molar-refractivity contribution in [2.24, 2.45) is 0 Å². The van der Waals surface area contributed by atoms with Gasteiger partial charge < -0.3 is 15.0 Å². The first-order valence-corrected chi connectivity index (χ1v) is 9.66. The van der Waals surface area contributed by atoms with Crippen molar-refractivity contribution in [1.82, 2.24) is 20.1 Å². The van der Waals surface area contributed by atoms with Gasteiger partial charge >= 0.3 is 0 Å². The van der Waals surface area contributed by atoms with Crippen molar-refractivity contribution in [1.29, 1.82) is 0 Å². The van der Waals surface area contributed by atoms with Crippen LogP contribution in [0.1, 0.15) is 16.8 Å². The molecule has 29 heavy (non-hydrogen) atoms. The molecule has 4 rings (SSSR count). The summed E-state index contributed by atoms with van der Waals surface area (Å²) in [5, 5.41) is 8.93. The molecule has 2 N–H and O–H groups in total. The van der Waals surface area contributed by atoms with Crippen LogP contribution in [0.3, 0.4) is 0 Å². The average molecular weight is 388 g/mol. The van der Waals surface area contributed by atoms with E-state index in [1.54, 1.807) is 11.8 Å². The van der Waals surface area contributed by atoms with Crippen molar-refractivity contribution < 1.29 is 4.74 Å². The number of methoxy groups -OCH3 is 1. The minimum absolute atomic E-state index is 0.0940. The third kappa shape index (κ3) is 4.07. The molecule has 0 radical (unpaired) electrons. The van der Waals surface area contributed by atoms with Gasteiger partial charge in [0.15, 0.2) is 0 Å². The van der Waals surface area contributed by atoms with E-state index in [1.165, 1.54) is 5.56 Å². The van der Waals surface area contributed by atoms with E-state index in [0.717, 1.165) is 41.1 Å². The molecule has 2 heterocycles. The number of aromatic amines is 1. The van der Waals surface area contributed by atoms with E-state index in [1.807, 2.05) is 61.5 Å². The first-order chi connectivity index (χ1) is 14.2. The van der Waals surface area contributed by atoms with Gasteiger partial charge in [0.2, 0.25) is 0 Å². The van der Waals surface area contributed by atoms with Crippen LogP contribution < -0.4 is 15.6 Å². The van der Waals surface area contributed by atoms with Crippen LogP contribution in [0.5, 0.6) is 5.75 Å². The van der Waals surface area contributed by atoms with Gasteiger partial charge in [-0.05, 0) is 55.8 Å². The van der Waals surface area contributed by atoms with Crippen LogP contribution in [-0.2, 0) is 13.0 Å². The van der Waals surface area contributed by atoms with Crippen molar-refractivity contribution in [2.45, 2.75) is 19.9 Å². The number of fused-ring (bicyclic) bond motifs is 1. The largest absolute Gasteiger partial charge is 0.497 e.